The Morgan fingerprint density at radius 2 is 1.91 bits per heavy atom. The maximum Gasteiger partial charge on any atom is 0.314 e. The van der Waals surface area contributed by atoms with Crippen LogP contribution in [0.15, 0.2) is 27.8 Å². The van der Waals surface area contributed by atoms with Crippen LogP contribution in [0, 0.1) is 5.92 Å². The molecule has 0 radical (unpaired) electrons. The number of fused-ring (bicyclic) bond motifs is 1. The van der Waals surface area contributed by atoms with E-state index in [4.69, 9.17) is 5.73 Å². The molecule has 1 amide bonds. The fourth-order valence-corrected chi connectivity index (χ4v) is 3.17. The van der Waals surface area contributed by atoms with Gasteiger partial charge in [0.05, 0.1) is 11.0 Å². The quantitative estimate of drug-likeness (QED) is 0.712. The lowest BCUT2D eigenvalue weighted by molar-refractivity contribution is 0.0785. The summed E-state index contributed by atoms with van der Waals surface area (Å²) in [7, 11) is 0. The van der Waals surface area contributed by atoms with E-state index in [1.807, 2.05) is 0 Å². The Hall–Kier alpha value is -2.41. The summed E-state index contributed by atoms with van der Waals surface area (Å²) in [5.74, 6) is 0.230. The van der Waals surface area contributed by atoms with Crippen molar-refractivity contribution in [1.82, 2.24) is 14.9 Å². The van der Waals surface area contributed by atoms with Crippen LogP contribution in [0.25, 0.3) is 11.0 Å². The third-order valence-corrected chi connectivity index (χ3v) is 4.41. The lowest BCUT2D eigenvalue weighted by Gasteiger charge is -2.16. The number of likely N-dealkylation sites (tertiary alicyclic amines) is 1. The zero-order valence-electron chi connectivity index (χ0n) is 13.0. The average Bonchev–Trinajstić information content (AvgIpc) is 2.89. The number of aromatic amines is 2. The summed E-state index contributed by atoms with van der Waals surface area (Å²) in [4.78, 5) is 42.1. The van der Waals surface area contributed by atoms with Crippen molar-refractivity contribution >= 4 is 16.9 Å². The summed E-state index contributed by atoms with van der Waals surface area (Å²) in [6, 6.07) is 4.88. The van der Waals surface area contributed by atoms with Crippen LogP contribution in [0.2, 0.25) is 0 Å². The van der Waals surface area contributed by atoms with Gasteiger partial charge in [-0.3, -0.25) is 14.4 Å². The van der Waals surface area contributed by atoms with Crippen LogP contribution in [-0.4, -0.2) is 39.9 Å². The molecule has 1 aliphatic rings. The predicted octanol–water partition coefficient (Wildman–Crippen LogP) is 0.416. The first kappa shape index (κ1) is 15.5. The van der Waals surface area contributed by atoms with Crippen molar-refractivity contribution in [2.45, 2.75) is 25.8 Å². The van der Waals surface area contributed by atoms with Crippen molar-refractivity contribution in [2.75, 3.05) is 13.1 Å². The summed E-state index contributed by atoms with van der Waals surface area (Å²) < 4.78 is 0. The Kier molecular flexibility index (Phi) is 4.04. The van der Waals surface area contributed by atoms with Gasteiger partial charge in [-0.25, -0.2) is 0 Å². The smallest absolute Gasteiger partial charge is 0.314 e. The molecule has 0 saturated carbocycles. The second-order valence-electron chi connectivity index (χ2n) is 6.09. The molecule has 3 rings (SSSR count). The molecule has 0 bridgehead atoms. The zero-order chi connectivity index (χ0) is 16.6. The second kappa shape index (κ2) is 6.00. The van der Waals surface area contributed by atoms with Crippen molar-refractivity contribution in [1.29, 1.82) is 0 Å². The number of benzene rings is 1. The molecule has 122 valence electrons. The lowest BCUT2D eigenvalue weighted by atomic mass is 9.99. The standard InChI is InChI=1S/C16H20N4O3/c1-2-3-10-7-20(8-11(10)17)16(23)9-4-5-12-13(6-9)19-15(22)14(21)18-12/h4-6,10-11H,2-3,7-8,17H2,1H3,(H,18,21)(H,19,22)/t10-,11-/m0/s1. The molecule has 1 aliphatic heterocycles. The van der Waals surface area contributed by atoms with Crippen molar-refractivity contribution in [3.8, 4) is 0 Å². The molecule has 4 N–H and O–H groups in total. The first-order valence-corrected chi connectivity index (χ1v) is 7.80. The number of nitrogens with one attached hydrogen (secondary N) is 2. The van der Waals surface area contributed by atoms with Crippen molar-refractivity contribution in [2.24, 2.45) is 11.7 Å². The van der Waals surface area contributed by atoms with E-state index in [1.165, 1.54) is 0 Å². The number of carbonyl (C=O) groups is 1. The SMILES string of the molecule is CCC[C@H]1CN(C(=O)c2ccc3[nH]c(=O)c(=O)[nH]c3c2)C[C@@H]1N. The number of nitrogens with two attached hydrogens (primary N) is 1. The first-order chi connectivity index (χ1) is 11.0. The van der Waals surface area contributed by atoms with Crippen LogP contribution in [0.5, 0.6) is 0 Å². The summed E-state index contributed by atoms with van der Waals surface area (Å²) in [6.07, 6.45) is 2.06. The molecule has 1 aromatic heterocycles. The van der Waals surface area contributed by atoms with Crippen LogP contribution in [0.4, 0.5) is 0 Å². The highest BCUT2D eigenvalue weighted by Gasteiger charge is 2.32. The highest BCUT2D eigenvalue weighted by atomic mass is 16.2. The van der Waals surface area contributed by atoms with Crippen molar-refractivity contribution in [3.63, 3.8) is 0 Å². The molecule has 0 unspecified atom stereocenters. The molecule has 2 heterocycles. The molecule has 7 heteroatoms. The van der Waals surface area contributed by atoms with Crippen LogP contribution >= 0.6 is 0 Å². The van der Waals surface area contributed by atoms with E-state index in [2.05, 4.69) is 16.9 Å². The van der Waals surface area contributed by atoms with Crippen molar-refractivity contribution < 1.29 is 4.79 Å². The summed E-state index contributed by atoms with van der Waals surface area (Å²) in [6.45, 7) is 3.31. The topological polar surface area (TPSA) is 112 Å². The van der Waals surface area contributed by atoms with Gasteiger partial charge in [-0.15, -0.1) is 0 Å². The number of hydrogen-bond acceptors (Lipinski definition) is 4. The highest BCUT2D eigenvalue weighted by Crippen LogP contribution is 2.22. The summed E-state index contributed by atoms with van der Waals surface area (Å²) >= 11 is 0. The van der Waals surface area contributed by atoms with Crippen LogP contribution in [0.3, 0.4) is 0 Å². The minimum absolute atomic E-state index is 0.00974. The van der Waals surface area contributed by atoms with Gasteiger partial charge in [-0.05, 0) is 30.5 Å². The third kappa shape index (κ3) is 2.92. The maximum absolute atomic E-state index is 12.6. The largest absolute Gasteiger partial charge is 0.337 e. The molecule has 2 atom stereocenters. The normalized spacial score (nSPS) is 21.0. The number of carbonyl (C=O) groups excluding carboxylic acids is 1. The molecular formula is C16H20N4O3. The molecular weight excluding hydrogens is 296 g/mol. The van der Waals surface area contributed by atoms with Gasteiger partial charge < -0.3 is 20.6 Å². The fraction of sp³-hybridized carbons (Fsp3) is 0.438. The van der Waals surface area contributed by atoms with Gasteiger partial charge in [-0.2, -0.15) is 0 Å². The predicted molar refractivity (Wildman–Crippen MR) is 87.5 cm³/mol. The molecule has 7 nitrogen and oxygen atoms in total. The van der Waals surface area contributed by atoms with Crippen LogP contribution in [-0.2, 0) is 0 Å². The van der Waals surface area contributed by atoms with E-state index in [1.54, 1.807) is 23.1 Å². The Morgan fingerprint density at radius 1 is 1.22 bits per heavy atom. The van der Waals surface area contributed by atoms with Gasteiger partial charge in [0.1, 0.15) is 0 Å². The molecule has 0 aliphatic carbocycles. The Bertz CT molecular complexity index is 854. The minimum Gasteiger partial charge on any atom is -0.337 e. The first-order valence-electron chi connectivity index (χ1n) is 7.80. The summed E-state index contributed by atoms with van der Waals surface area (Å²) in [5, 5.41) is 0. The van der Waals surface area contributed by atoms with Crippen LogP contribution in [0.1, 0.15) is 30.1 Å². The van der Waals surface area contributed by atoms with Gasteiger partial charge in [-0.1, -0.05) is 13.3 Å². The van der Waals surface area contributed by atoms with Gasteiger partial charge in [0.2, 0.25) is 0 Å². The molecule has 1 fully saturated rings. The number of hydrogen-bond donors (Lipinski definition) is 3. The van der Waals surface area contributed by atoms with Gasteiger partial charge in [0.15, 0.2) is 0 Å². The monoisotopic (exact) mass is 316 g/mol. The van der Waals surface area contributed by atoms with E-state index in [0.717, 1.165) is 12.8 Å². The van der Waals surface area contributed by atoms with E-state index >= 15 is 0 Å². The minimum atomic E-state index is -0.728. The van der Waals surface area contributed by atoms with E-state index in [-0.39, 0.29) is 11.9 Å². The molecule has 2 aromatic rings. The number of aromatic nitrogens is 2. The molecule has 23 heavy (non-hydrogen) atoms. The number of H-pyrrole nitrogens is 2. The number of amides is 1. The molecule has 1 saturated heterocycles. The fourth-order valence-electron chi connectivity index (χ4n) is 3.17. The van der Waals surface area contributed by atoms with E-state index < -0.39 is 11.1 Å². The van der Waals surface area contributed by atoms with E-state index in [0.29, 0.717) is 35.6 Å². The Balaban J connectivity index is 1.88. The Morgan fingerprint density at radius 3 is 2.61 bits per heavy atom. The maximum atomic E-state index is 12.6. The van der Waals surface area contributed by atoms with E-state index in [9.17, 15) is 14.4 Å². The molecule has 1 aromatic carbocycles. The van der Waals surface area contributed by atoms with Gasteiger partial charge in [0.25, 0.3) is 5.91 Å². The van der Waals surface area contributed by atoms with Gasteiger partial charge in [0, 0.05) is 24.7 Å². The average molecular weight is 316 g/mol. The second-order valence-corrected chi connectivity index (χ2v) is 6.09. The highest BCUT2D eigenvalue weighted by molar-refractivity contribution is 5.97. The number of nitrogens with zero attached hydrogens (tertiary/aromatic N) is 1. The van der Waals surface area contributed by atoms with Gasteiger partial charge >= 0.3 is 11.1 Å². The number of rotatable bonds is 3. The third-order valence-electron chi connectivity index (χ3n) is 4.41. The molecule has 0 spiro atoms. The van der Waals surface area contributed by atoms with Crippen molar-refractivity contribution in [3.05, 3.63) is 44.5 Å². The van der Waals surface area contributed by atoms with Crippen LogP contribution < -0.4 is 16.9 Å². The summed E-state index contributed by atoms with van der Waals surface area (Å²) in [5.41, 5.74) is 6.09. The Labute approximate surface area is 132 Å². The zero-order valence-corrected chi connectivity index (χ0v) is 13.0. The lowest BCUT2D eigenvalue weighted by Crippen LogP contribution is -2.32.